The number of nitrogens with zero attached hydrogens (tertiary/aromatic N) is 2. The van der Waals surface area contributed by atoms with Crippen LogP contribution in [0, 0.1) is 5.92 Å². The van der Waals surface area contributed by atoms with Crippen molar-refractivity contribution in [3.05, 3.63) is 0 Å². The van der Waals surface area contributed by atoms with Gasteiger partial charge in [-0.2, -0.15) is 0 Å². The molecular weight excluding hydrogens is 276 g/mol. The summed E-state index contributed by atoms with van der Waals surface area (Å²) in [6.45, 7) is 8.49. The number of amides is 1. The number of carbonyl (C=O) groups excluding carboxylic acids is 1. The van der Waals surface area contributed by atoms with Gasteiger partial charge in [0, 0.05) is 13.0 Å². The minimum Gasteiger partial charge on any atom is -0.371 e. The topological polar surface area (TPSA) is 32.8 Å². The fraction of sp³-hybridized carbons (Fsp3) is 0.944. The van der Waals surface area contributed by atoms with E-state index in [4.69, 9.17) is 4.74 Å². The molecule has 0 radical (unpaired) electrons. The van der Waals surface area contributed by atoms with E-state index in [1.54, 1.807) is 0 Å². The molecule has 3 aliphatic heterocycles. The van der Waals surface area contributed by atoms with Crippen LogP contribution in [0.5, 0.6) is 0 Å². The SMILES string of the molecule is CCCCC(=O)N1CC2(CC[C@H](CN3CCCCC3)CO2)C1. The Morgan fingerprint density at radius 2 is 2.00 bits per heavy atom. The molecule has 0 unspecified atom stereocenters. The second-order valence-electron chi connectivity index (χ2n) is 7.61. The minimum atomic E-state index is 0.0142. The maximum Gasteiger partial charge on any atom is 0.222 e. The van der Waals surface area contributed by atoms with Gasteiger partial charge in [-0.3, -0.25) is 4.79 Å². The van der Waals surface area contributed by atoms with Gasteiger partial charge < -0.3 is 14.5 Å². The third-order valence-corrected chi connectivity index (χ3v) is 5.65. The molecule has 0 aromatic heterocycles. The molecule has 126 valence electrons. The van der Waals surface area contributed by atoms with Crippen LogP contribution in [-0.4, -0.2) is 60.6 Å². The lowest BCUT2D eigenvalue weighted by Crippen LogP contribution is -2.66. The molecule has 3 saturated heterocycles. The number of unbranched alkanes of at least 4 members (excludes halogenated alkanes) is 1. The van der Waals surface area contributed by atoms with Crippen LogP contribution in [0.25, 0.3) is 0 Å². The van der Waals surface area contributed by atoms with Crippen molar-refractivity contribution < 1.29 is 9.53 Å². The summed E-state index contributed by atoms with van der Waals surface area (Å²) in [5.41, 5.74) is 0.0142. The van der Waals surface area contributed by atoms with Crippen LogP contribution in [0.1, 0.15) is 58.3 Å². The lowest BCUT2D eigenvalue weighted by atomic mass is 9.82. The summed E-state index contributed by atoms with van der Waals surface area (Å²) in [6, 6.07) is 0. The highest BCUT2D eigenvalue weighted by molar-refractivity contribution is 5.77. The Hall–Kier alpha value is -0.610. The van der Waals surface area contributed by atoms with Crippen LogP contribution >= 0.6 is 0 Å². The third kappa shape index (κ3) is 3.83. The molecule has 3 fully saturated rings. The van der Waals surface area contributed by atoms with Gasteiger partial charge in [0.05, 0.1) is 19.7 Å². The number of piperidine rings is 1. The Morgan fingerprint density at radius 3 is 2.64 bits per heavy atom. The number of ether oxygens (including phenoxy) is 1. The van der Waals surface area contributed by atoms with Crippen LogP contribution < -0.4 is 0 Å². The molecule has 22 heavy (non-hydrogen) atoms. The van der Waals surface area contributed by atoms with Gasteiger partial charge in [-0.1, -0.05) is 19.8 Å². The summed E-state index contributed by atoms with van der Waals surface area (Å²) in [5, 5.41) is 0. The van der Waals surface area contributed by atoms with E-state index in [0.29, 0.717) is 18.2 Å². The molecule has 0 aromatic rings. The number of likely N-dealkylation sites (tertiary alicyclic amines) is 2. The standard InChI is InChI=1S/C18H32N2O2/c1-2-3-7-17(21)20-14-18(15-20)9-8-16(13-22-18)12-19-10-5-4-6-11-19/h16H,2-15H2,1H3/t16-/m1/s1. The highest BCUT2D eigenvalue weighted by Crippen LogP contribution is 2.36. The highest BCUT2D eigenvalue weighted by Gasteiger charge is 2.48. The van der Waals surface area contributed by atoms with Crippen molar-refractivity contribution in [2.75, 3.05) is 39.3 Å². The van der Waals surface area contributed by atoms with E-state index in [1.807, 2.05) is 4.90 Å². The lowest BCUT2D eigenvalue weighted by Gasteiger charge is -2.53. The highest BCUT2D eigenvalue weighted by atomic mass is 16.5. The minimum absolute atomic E-state index is 0.0142. The molecule has 3 heterocycles. The Balaban J connectivity index is 1.36. The monoisotopic (exact) mass is 308 g/mol. The molecule has 0 saturated carbocycles. The zero-order valence-electron chi connectivity index (χ0n) is 14.2. The van der Waals surface area contributed by atoms with Gasteiger partial charge in [0.2, 0.25) is 5.91 Å². The number of hydrogen-bond donors (Lipinski definition) is 0. The van der Waals surface area contributed by atoms with Gasteiger partial charge >= 0.3 is 0 Å². The van der Waals surface area contributed by atoms with Crippen LogP contribution in [0.15, 0.2) is 0 Å². The van der Waals surface area contributed by atoms with Crippen molar-refractivity contribution >= 4 is 5.91 Å². The second kappa shape index (κ2) is 7.31. The average Bonchev–Trinajstić information content (AvgIpc) is 2.52. The van der Waals surface area contributed by atoms with Gasteiger partial charge in [0.25, 0.3) is 0 Å². The first kappa shape index (κ1) is 16.3. The third-order valence-electron chi connectivity index (χ3n) is 5.65. The van der Waals surface area contributed by atoms with Crippen LogP contribution in [0.3, 0.4) is 0 Å². The first-order valence-electron chi connectivity index (χ1n) is 9.35. The summed E-state index contributed by atoms with van der Waals surface area (Å²) in [5.74, 6) is 1.03. The first-order chi connectivity index (χ1) is 10.7. The molecule has 1 amide bonds. The smallest absolute Gasteiger partial charge is 0.222 e. The summed E-state index contributed by atoms with van der Waals surface area (Å²) >= 11 is 0. The Labute approximate surface area is 135 Å². The van der Waals surface area contributed by atoms with Crippen molar-refractivity contribution in [2.45, 2.75) is 63.9 Å². The number of hydrogen-bond acceptors (Lipinski definition) is 3. The van der Waals surface area contributed by atoms with Crippen molar-refractivity contribution in [1.82, 2.24) is 9.80 Å². The number of carbonyl (C=O) groups is 1. The van der Waals surface area contributed by atoms with E-state index in [0.717, 1.165) is 39.0 Å². The van der Waals surface area contributed by atoms with E-state index in [-0.39, 0.29) is 5.60 Å². The van der Waals surface area contributed by atoms with Crippen molar-refractivity contribution in [2.24, 2.45) is 5.92 Å². The van der Waals surface area contributed by atoms with Crippen molar-refractivity contribution in [3.8, 4) is 0 Å². The van der Waals surface area contributed by atoms with Crippen molar-refractivity contribution in [3.63, 3.8) is 0 Å². The molecule has 3 aliphatic rings. The van der Waals surface area contributed by atoms with E-state index in [1.165, 1.54) is 45.3 Å². The Bertz CT molecular complexity index is 363. The van der Waals surface area contributed by atoms with Crippen LogP contribution in [-0.2, 0) is 9.53 Å². The van der Waals surface area contributed by atoms with Gasteiger partial charge in [-0.15, -0.1) is 0 Å². The largest absolute Gasteiger partial charge is 0.371 e. The zero-order chi connectivity index (χ0) is 15.4. The van der Waals surface area contributed by atoms with E-state index in [9.17, 15) is 4.79 Å². The zero-order valence-corrected chi connectivity index (χ0v) is 14.2. The normalized spacial score (nSPS) is 28.6. The van der Waals surface area contributed by atoms with Gasteiger partial charge in [-0.05, 0) is 51.1 Å². The number of rotatable bonds is 5. The predicted molar refractivity (Wildman–Crippen MR) is 87.8 cm³/mol. The van der Waals surface area contributed by atoms with Gasteiger partial charge in [0.15, 0.2) is 0 Å². The molecule has 1 atom stereocenters. The van der Waals surface area contributed by atoms with Gasteiger partial charge in [-0.25, -0.2) is 0 Å². The van der Waals surface area contributed by atoms with Gasteiger partial charge in [0.1, 0.15) is 5.60 Å². The fourth-order valence-corrected chi connectivity index (χ4v) is 4.13. The molecule has 0 bridgehead atoms. The molecule has 3 rings (SSSR count). The molecule has 0 N–H and O–H groups in total. The maximum atomic E-state index is 12.0. The first-order valence-corrected chi connectivity index (χ1v) is 9.35. The fourth-order valence-electron chi connectivity index (χ4n) is 4.13. The summed E-state index contributed by atoms with van der Waals surface area (Å²) < 4.78 is 6.22. The Kier molecular flexibility index (Phi) is 5.40. The van der Waals surface area contributed by atoms with Crippen LogP contribution in [0.2, 0.25) is 0 Å². The summed E-state index contributed by atoms with van der Waals surface area (Å²) in [6.07, 6.45) is 9.38. The maximum absolute atomic E-state index is 12.0. The predicted octanol–water partition coefficient (Wildman–Crippen LogP) is 2.67. The van der Waals surface area contributed by atoms with E-state index >= 15 is 0 Å². The van der Waals surface area contributed by atoms with E-state index < -0.39 is 0 Å². The lowest BCUT2D eigenvalue weighted by molar-refractivity contribution is -0.190. The van der Waals surface area contributed by atoms with Crippen LogP contribution in [0.4, 0.5) is 0 Å². The molecule has 1 spiro atoms. The summed E-state index contributed by atoms with van der Waals surface area (Å²) in [4.78, 5) is 16.6. The average molecular weight is 308 g/mol. The molecule has 4 nitrogen and oxygen atoms in total. The van der Waals surface area contributed by atoms with E-state index in [2.05, 4.69) is 11.8 Å². The molecular formula is C18H32N2O2. The summed E-state index contributed by atoms with van der Waals surface area (Å²) in [7, 11) is 0. The molecule has 0 aliphatic carbocycles. The quantitative estimate of drug-likeness (QED) is 0.783. The Morgan fingerprint density at radius 1 is 1.23 bits per heavy atom. The molecule has 4 heteroatoms. The second-order valence-corrected chi connectivity index (χ2v) is 7.61. The molecule has 0 aromatic carbocycles. The van der Waals surface area contributed by atoms with Crippen molar-refractivity contribution in [1.29, 1.82) is 0 Å².